The smallest absolute Gasteiger partial charge is 0.377 e. The third-order valence-electron chi connectivity index (χ3n) is 6.52. The van der Waals surface area contributed by atoms with Gasteiger partial charge in [-0.1, -0.05) is 6.07 Å². The molecule has 1 amide bonds. The Morgan fingerprint density at radius 1 is 1.17 bits per heavy atom. The fourth-order valence-electron chi connectivity index (χ4n) is 4.70. The van der Waals surface area contributed by atoms with Crippen molar-refractivity contribution < 1.29 is 27.1 Å². The van der Waals surface area contributed by atoms with Crippen LogP contribution in [0.25, 0.3) is 11.1 Å². The number of fused-ring (bicyclic) bond motifs is 3. The molecule has 188 valence electrons. The van der Waals surface area contributed by atoms with Crippen molar-refractivity contribution in [3.63, 3.8) is 0 Å². The number of hydrogen-bond donors (Lipinski definition) is 1. The first kappa shape index (κ1) is 24.0. The molecule has 0 aliphatic carbocycles. The molecule has 2 aliphatic rings. The van der Waals surface area contributed by atoms with Crippen molar-refractivity contribution in [1.82, 2.24) is 9.55 Å². The molecule has 1 atom stereocenters. The van der Waals surface area contributed by atoms with E-state index in [-0.39, 0.29) is 17.3 Å². The lowest BCUT2D eigenvalue weighted by Gasteiger charge is -2.42. The number of halogens is 4. The molecule has 1 unspecified atom stereocenters. The first-order chi connectivity index (χ1) is 17.1. The number of pyridine rings is 2. The Labute approximate surface area is 203 Å². The van der Waals surface area contributed by atoms with E-state index >= 15 is 0 Å². The van der Waals surface area contributed by atoms with Gasteiger partial charge in [0.05, 0.1) is 24.8 Å². The second-order valence-electron chi connectivity index (χ2n) is 8.81. The lowest BCUT2D eigenvalue weighted by Crippen LogP contribution is -2.51. The summed E-state index contributed by atoms with van der Waals surface area (Å²) in [5.41, 5.74) is -0.315. The SMILES string of the molecule is Cc1ccc(NC(=O)c2ccnc(C(F)(F)F)c2F)cc1-c1cc2n(c(=O)c1)CCC1COCCN21. The van der Waals surface area contributed by atoms with E-state index in [1.165, 1.54) is 6.07 Å². The number of amides is 1. The van der Waals surface area contributed by atoms with Crippen LogP contribution in [0.4, 0.5) is 29.1 Å². The maximum absolute atomic E-state index is 14.4. The number of hydrogen-bond acceptors (Lipinski definition) is 5. The molecular formula is C25H22F4N4O3. The van der Waals surface area contributed by atoms with Crippen LogP contribution in [-0.4, -0.2) is 41.3 Å². The predicted molar refractivity (Wildman–Crippen MR) is 125 cm³/mol. The van der Waals surface area contributed by atoms with Gasteiger partial charge in [-0.2, -0.15) is 13.2 Å². The van der Waals surface area contributed by atoms with Crippen LogP contribution in [0.3, 0.4) is 0 Å². The minimum absolute atomic E-state index is 0.153. The Bertz CT molecular complexity index is 1400. The van der Waals surface area contributed by atoms with Crippen molar-refractivity contribution in [1.29, 1.82) is 0 Å². The Kier molecular flexibility index (Phi) is 6.03. The number of nitrogens with one attached hydrogen (secondary N) is 1. The number of carbonyl (C=O) groups excluding carboxylic acids is 1. The van der Waals surface area contributed by atoms with E-state index in [4.69, 9.17) is 4.74 Å². The standard InChI is InChI=1S/C25H22F4N4O3/c1-14-2-3-16(31-24(35)18-4-6-30-23(22(18)26)25(27,28)29)12-19(14)15-10-20-32-8-9-36-13-17(32)5-7-33(20)21(34)11-15/h2-4,6,10-12,17H,5,7-9,13H2,1H3,(H,31,35). The van der Waals surface area contributed by atoms with Crippen molar-refractivity contribution in [3.8, 4) is 11.1 Å². The van der Waals surface area contributed by atoms with Gasteiger partial charge in [-0.25, -0.2) is 9.37 Å². The number of benzene rings is 1. The van der Waals surface area contributed by atoms with Crippen LogP contribution < -0.4 is 15.8 Å². The predicted octanol–water partition coefficient (Wildman–Crippen LogP) is 4.24. The van der Waals surface area contributed by atoms with Crippen molar-refractivity contribution in [2.24, 2.45) is 0 Å². The molecule has 1 fully saturated rings. The van der Waals surface area contributed by atoms with E-state index in [2.05, 4.69) is 15.2 Å². The molecule has 4 heterocycles. The molecule has 1 saturated heterocycles. The normalized spacial score (nSPS) is 17.4. The summed E-state index contributed by atoms with van der Waals surface area (Å²) in [6.07, 6.45) is -3.48. The average Bonchev–Trinajstić information content (AvgIpc) is 2.84. The number of carbonyl (C=O) groups is 1. The maximum atomic E-state index is 14.4. The van der Waals surface area contributed by atoms with E-state index < -0.39 is 29.2 Å². The first-order valence-corrected chi connectivity index (χ1v) is 11.4. The Morgan fingerprint density at radius 2 is 1.97 bits per heavy atom. The van der Waals surface area contributed by atoms with Crippen LogP contribution in [0.5, 0.6) is 0 Å². The molecule has 0 spiro atoms. The summed E-state index contributed by atoms with van der Waals surface area (Å²) >= 11 is 0. The van der Waals surface area contributed by atoms with Gasteiger partial charge in [-0.15, -0.1) is 0 Å². The summed E-state index contributed by atoms with van der Waals surface area (Å²) in [5.74, 6) is -1.99. The molecule has 0 saturated carbocycles. The lowest BCUT2D eigenvalue weighted by molar-refractivity contribution is -0.143. The van der Waals surface area contributed by atoms with Crippen LogP contribution in [0.1, 0.15) is 28.0 Å². The highest BCUT2D eigenvalue weighted by Gasteiger charge is 2.38. The van der Waals surface area contributed by atoms with Gasteiger partial charge in [0.25, 0.3) is 11.5 Å². The van der Waals surface area contributed by atoms with Gasteiger partial charge in [-0.05, 0) is 54.3 Å². The number of rotatable bonds is 3. The number of morpholine rings is 1. The van der Waals surface area contributed by atoms with Gasteiger partial charge in [0.1, 0.15) is 5.82 Å². The van der Waals surface area contributed by atoms with Crippen molar-refractivity contribution in [3.05, 3.63) is 75.6 Å². The molecule has 2 aliphatic heterocycles. The van der Waals surface area contributed by atoms with Gasteiger partial charge in [0, 0.05) is 31.0 Å². The molecule has 1 aromatic carbocycles. The highest BCUT2D eigenvalue weighted by molar-refractivity contribution is 6.04. The summed E-state index contributed by atoms with van der Waals surface area (Å²) in [6.45, 7) is 4.26. The minimum atomic E-state index is -5.03. The molecule has 2 aromatic heterocycles. The third kappa shape index (κ3) is 4.34. The minimum Gasteiger partial charge on any atom is -0.377 e. The first-order valence-electron chi connectivity index (χ1n) is 11.4. The molecule has 11 heteroatoms. The van der Waals surface area contributed by atoms with Crippen LogP contribution in [0.2, 0.25) is 0 Å². The molecule has 0 bridgehead atoms. The molecule has 1 N–H and O–H groups in total. The number of alkyl halides is 3. The van der Waals surface area contributed by atoms with E-state index in [0.29, 0.717) is 37.4 Å². The summed E-state index contributed by atoms with van der Waals surface area (Å²) in [7, 11) is 0. The van der Waals surface area contributed by atoms with E-state index in [1.54, 1.807) is 22.8 Å². The van der Waals surface area contributed by atoms with Gasteiger partial charge < -0.3 is 15.0 Å². The zero-order valence-electron chi connectivity index (χ0n) is 19.2. The second kappa shape index (κ2) is 9.05. The zero-order chi connectivity index (χ0) is 25.6. The Balaban J connectivity index is 1.48. The summed E-state index contributed by atoms with van der Waals surface area (Å²) in [4.78, 5) is 30.8. The van der Waals surface area contributed by atoms with Crippen LogP contribution in [0, 0.1) is 12.7 Å². The molecule has 5 rings (SSSR count). The number of nitrogens with zero attached hydrogens (tertiary/aromatic N) is 3. The largest absolute Gasteiger partial charge is 0.436 e. The molecule has 3 aromatic rings. The van der Waals surface area contributed by atoms with Crippen molar-refractivity contribution in [2.45, 2.75) is 32.1 Å². The number of anilines is 2. The average molecular weight is 502 g/mol. The van der Waals surface area contributed by atoms with E-state index in [0.717, 1.165) is 30.1 Å². The fourth-order valence-corrected chi connectivity index (χ4v) is 4.70. The van der Waals surface area contributed by atoms with Crippen molar-refractivity contribution >= 4 is 17.4 Å². The van der Waals surface area contributed by atoms with Crippen LogP contribution >= 0.6 is 0 Å². The molecule has 0 radical (unpaired) electrons. The van der Waals surface area contributed by atoms with Gasteiger partial charge >= 0.3 is 6.18 Å². The van der Waals surface area contributed by atoms with Crippen LogP contribution in [-0.2, 0) is 17.5 Å². The summed E-state index contributed by atoms with van der Waals surface area (Å²) in [5, 5.41) is 2.45. The van der Waals surface area contributed by atoms with Crippen LogP contribution in [0.15, 0.2) is 47.4 Å². The number of ether oxygens (including phenoxy) is 1. The second-order valence-corrected chi connectivity index (χ2v) is 8.81. The van der Waals surface area contributed by atoms with Gasteiger partial charge in [0.2, 0.25) is 0 Å². The number of aryl methyl sites for hydroxylation is 1. The zero-order valence-corrected chi connectivity index (χ0v) is 19.2. The third-order valence-corrected chi connectivity index (χ3v) is 6.52. The fraction of sp³-hybridized carbons (Fsp3) is 0.320. The summed E-state index contributed by atoms with van der Waals surface area (Å²) in [6, 6.07) is 9.41. The topological polar surface area (TPSA) is 76.5 Å². The van der Waals surface area contributed by atoms with E-state index in [1.807, 2.05) is 13.0 Å². The Hall–Kier alpha value is -3.73. The maximum Gasteiger partial charge on any atom is 0.436 e. The van der Waals surface area contributed by atoms with Gasteiger partial charge in [-0.3, -0.25) is 14.2 Å². The van der Waals surface area contributed by atoms with Crippen molar-refractivity contribution in [2.75, 3.05) is 30.0 Å². The quantitative estimate of drug-likeness (QED) is 0.543. The number of aromatic nitrogens is 2. The summed E-state index contributed by atoms with van der Waals surface area (Å²) < 4.78 is 60.7. The highest BCUT2D eigenvalue weighted by atomic mass is 19.4. The van der Waals surface area contributed by atoms with E-state index in [9.17, 15) is 27.2 Å². The van der Waals surface area contributed by atoms with Gasteiger partial charge in [0.15, 0.2) is 11.5 Å². The highest BCUT2D eigenvalue weighted by Crippen LogP contribution is 2.33. The molecule has 7 nitrogen and oxygen atoms in total. The molecular weight excluding hydrogens is 480 g/mol. The monoisotopic (exact) mass is 502 g/mol. The lowest BCUT2D eigenvalue weighted by atomic mass is 9.99. The molecule has 36 heavy (non-hydrogen) atoms. The Morgan fingerprint density at radius 3 is 2.75 bits per heavy atom.